The largest absolute Gasteiger partial charge is 0.325 e. The van der Waals surface area contributed by atoms with Gasteiger partial charge in [-0.25, -0.2) is 0 Å². The Labute approximate surface area is 143 Å². The van der Waals surface area contributed by atoms with Gasteiger partial charge in [-0.15, -0.1) is 0 Å². The number of nitrogens with one attached hydrogen (secondary N) is 1. The van der Waals surface area contributed by atoms with Crippen LogP contribution in [0.4, 0.5) is 17.1 Å². The smallest absolute Gasteiger partial charge is 0.279 e. The quantitative estimate of drug-likeness (QED) is 0.447. The summed E-state index contributed by atoms with van der Waals surface area (Å²) in [6, 6.07) is 10.3. The molecule has 0 atom stereocenters. The molecule has 0 aromatic heterocycles. The van der Waals surface area contributed by atoms with E-state index in [0.717, 1.165) is 15.7 Å². The summed E-state index contributed by atoms with van der Waals surface area (Å²) < 4.78 is 0.830. The van der Waals surface area contributed by atoms with Gasteiger partial charge in [-0.05, 0) is 40.8 Å². The Morgan fingerprint density at radius 3 is 2.39 bits per heavy atom. The van der Waals surface area contributed by atoms with E-state index in [2.05, 4.69) is 27.9 Å². The first-order valence-electron chi connectivity index (χ1n) is 6.34. The molecule has 1 N–H and O–H groups in total. The summed E-state index contributed by atoms with van der Waals surface area (Å²) in [6.45, 7) is 0. The van der Waals surface area contributed by atoms with E-state index in [0.29, 0.717) is 5.69 Å². The number of benzene rings is 2. The van der Waals surface area contributed by atoms with Crippen molar-refractivity contribution in [2.75, 3.05) is 5.32 Å². The van der Waals surface area contributed by atoms with Crippen molar-refractivity contribution in [2.24, 2.45) is 0 Å². The molecule has 2 rings (SSSR count). The minimum Gasteiger partial charge on any atom is -0.325 e. The number of anilines is 1. The lowest BCUT2D eigenvalue weighted by atomic mass is 10.1. The SMILES string of the molecule is O=C(Cc1ccc([N+](=O)[O-])cc1[N+](=O)[O-])Nc1ccccc1I. The van der Waals surface area contributed by atoms with Gasteiger partial charge in [0.25, 0.3) is 11.4 Å². The molecule has 0 saturated heterocycles. The van der Waals surface area contributed by atoms with Gasteiger partial charge in [0.1, 0.15) is 0 Å². The monoisotopic (exact) mass is 427 g/mol. The highest BCUT2D eigenvalue weighted by molar-refractivity contribution is 14.1. The third-order valence-corrected chi connectivity index (χ3v) is 3.92. The van der Waals surface area contributed by atoms with Crippen molar-refractivity contribution in [3.8, 4) is 0 Å². The number of non-ortho nitro benzene ring substituents is 1. The molecule has 9 heteroatoms. The Balaban J connectivity index is 2.22. The Kier molecular flexibility index (Phi) is 5.21. The van der Waals surface area contributed by atoms with Crippen LogP contribution in [0.25, 0.3) is 0 Å². The summed E-state index contributed by atoms with van der Waals surface area (Å²) in [5.41, 5.74) is -0.123. The van der Waals surface area contributed by atoms with Crippen molar-refractivity contribution in [3.63, 3.8) is 0 Å². The Morgan fingerprint density at radius 2 is 1.78 bits per heavy atom. The van der Waals surface area contributed by atoms with Crippen molar-refractivity contribution in [1.29, 1.82) is 0 Å². The molecule has 0 heterocycles. The van der Waals surface area contributed by atoms with Gasteiger partial charge >= 0.3 is 0 Å². The molecule has 0 spiro atoms. The van der Waals surface area contributed by atoms with E-state index in [1.807, 2.05) is 12.1 Å². The number of carbonyl (C=O) groups excluding carboxylic acids is 1. The lowest BCUT2D eigenvalue weighted by molar-refractivity contribution is -0.394. The minimum atomic E-state index is -0.734. The maximum atomic E-state index is 12.1. The summed E-state index contributed by atoms with van der Waals surface area (Å²) in [5.74, 6) is -0.439. The Bertz CT molecular complexity index is 794. The van der Waals surface area contributed by atoms with E-state index >= 15 is 0 Å². The van der Waals surface area contributed by atoms with Gasteiger partial charge in [-0.1, -0.05) is 12.1 Å². The standard InChI is InChI=1S/C14H10IN3O5/c15-11-3-1-2-4-12(11)16-14(19)7-9-5-6-10(17(20)21)8-13(9)18(22)23/h1-6,8H,7H2,(H,16,19). The first kappa shape index (κ1) is 16.8. The van der Waals surface area contributed by atoms with Crippen LogP contribution in [0.3, 0.4) is 0 Å². The third-order valence-electron chi connectivity index (χ3n) is 2.98. The number of para-hydroxylation sites is 1. The fraction of sp³-hybridized carbons (Fsp3) is 0.0714. The zero-order chi connectivity index (χ0) is 17.0. The average molecular weight is 427 g/mol. The predicted octanol–water partition coefficient (Wildman–Crippen LogP) is 3.29. The van der Waals surface area contributed by atoms with Gasteiger partial charge in [-0.3, -0.25) is 25.0 Å². The van der Waals surface area contributed by atoms with Crippen LogP contribution in [-0.4, -0.2) is 15.8 Å². The second-order valence-corrected chi connectivity index (χ2v) is 5.69. The van der Waals surface area contributed by atoms with Gasteiger partial charge in [0.2, 0.25) is 5.91 Å². The molecule has 0 saturated carbocycles. The summed E-state index contributed by atoms with van der Waals surface area (Å²) in [7, 11) is 0. The van der Waals surface area contributed by atoms with Crippen molar-refractivity contribution >= 4 is 45.6 Å². The fourth-order valence-electron chi connectivity index (χ4n) is 1.92. The molecule has 8 nitrogen and oxygen atoms in total. The highest BCUT2D eigenvalue weighted by Crippen LogP contribution is 2.25. The molecule has 0 radical (unpaired) electrons. The number of nitrogens with zero attached hydrogens (tertiary/aromatic N) is 2. The maximum absolute atomic E-state index is 12.1. The van der Waals surface area contributed by atoms with Crippen molar-refractivity contribution in [3.05, 3.63) is 71.8 Å². The second-order valence-electron chi connectivity index (χ2n) is 4.53. The van der Waals surface area contributed by atoms with Gasteiger partial charge in [0.05, 0.1) is 28.0 Å². The van der Waals surface area contributed by atoms with Gasteiger partial charge in [0, 0.05) is 15.2 Å². The van der Waals surface area contributed by atoms with Crippen molar-refractivity contribution in [2.45, 2.75) is 6.42 Å². The molecule has 1 amide bonds. The normalized spacial score (nSPS) is 10.1. The van der Waals surface area contributed by atoms with Crippen LogP contribution in [-0.2, 0) is 11.2 Å². The third kappa shape index (κ3) is 4.22. The van der Waals surface area contributed by atoms with Crippen molar-refractivity contribution < 1.29 is 14.6 Å². The van der Waals surface area contributed by atoms with Crippen LogP contribution < -0.4 is 5.32 Å². The summed E-state index contributed by atoms with van der Waals surface area (Å²) in [4.78, 5) is 32.3. The zero-order valence-electron chi connectivity index (χ0n) is 11.6. The number of halogens is 1. The zero-order valence-corrected chi connectivity index (χ0v) is 13.7. The van der Waals surface area contributed by atoms with Gasteiger partial charge < -0.3 is 5.32 Å². The first-order chi connectivity index (χ1) is 10.9. The number of hydrogen-bond donors (Lipinski definition) is 1. The number of amides is 1. The maximum Gasteiger partial charge on any atom is 0.279 e. The van der Waals surface area contributed by atoms with Gasteiger partial charge in [-0.2, -0.15) is 0 Å². The number of nitro groups is 2. The molecule has 0 aliphatic rings. The molecule has 118 valence electrons. The second kappa shape index (κ2) is 7.13. The first-order valence-corrected chi connectivity index (χ1v) is 7.42. The molecule has 0 unspecified atom stereocenters. The van der Waals surface area contributed by atoms with Crippen LogP contribution in [0.1, 0.15) is 5.56 Å². The number of carbonyl (C=O) groups is 1. The number of nitro benzene ring substituents is 2. The van der Waals surface area contributed by atoms with Crippen LogP contribution >= 0.6 is 22.6 Å². The van der Waals surface area contributed by atoms with E-state index in [-0.39, 0.29) is 12.0 Å². The van der Waals surface area contributed by atoms with E-state index in [9.17, 15) is 25.0 Å². The molecule has 23 heavy (non-hydrogen) atoms. The highest BCUT2D eigenvalue weighted by Gasteiger charge is 2.21. The Morgan fingerprint density at radius 1 is 1.09 bits per heavy atom. The molecule has 2 aromatic rings. The lowest BCUT2D eigenvalue weighted by Crippen LogP contribution is -2.16. The molecular weight excluding hydrogens is 417 g/mol. The summed E-state index contributed by atoms with van der Waals surface area (Å²) in [5, 5.41) is 24.4. The summed E-state index contributed by atoms with van der Waals surface area (Å²) in [6.07, 6.45) is -0.251. The molecule has 0 aliphatic carbocycles. The fourth-order valence-corrected chi connectivity index (χ4v) is 2.44. The highest BCUT2D eigenvalue weighted by atomic mass is 127. The summed E-state index contributed by atoms with van der Waals surface area (Å²) >= 11 is 2.06. The molecular formula is C14H10IN3O5. The topological polar surface area (TPSA) is 115 Å². The van der Waals surface area contributed by atoms with Crippen LogP contribution in [0.2, 0.25) is 0 Å². The van der Waals surface area contributed by atoms with Crippen molar-refractivity contribution in [1.82, 2.24) is 0 Å². The van der Waals surface area contributed by atoms with E-state index < -0.39 is 27.1 Å². The predicted molar refractivity (Wildman–Crippen MR) is 91.2 cm³/mol. The lowest BCUT2D eigenvalue weighted by Gasteiger charge is -2.07. The Hall–Kier alpha value is -2.56. The molecule has 2 aromatic carbocycles. The minimum absolute atomic E-state index is 0.115. The van der Waals surface area contributed by atoms with E-state index in [1.165, 1.54) is 6.07 Å². The molecule has 0 fully saturated rings. The van der Waals surface area contributed by atoms with Gasteiger partial charge in [0.15, 0.2) is 0 Å². The van der Waals surface area contributed by atoms with Crippen LogP contribution in [0.5, 0.6) is 0 Å². The number of rotatable bonds is 5. The molecule has 0 aliphatic heterocycles. The van der Waals surface area contributed by atoms with E-state index in [1.54, 1.807) is 12.1 Å². The average Bonchev–Trinajstić information content (AvgIpc) is 2.49. The van der Waals surface area contributed by atoms with Crippen LogP contribution in [0, 0.1) is 23.8 Å². The van der Waals surface area contributed by atoms with Crippen LogP contribution in [0.15, 0.2) is 42.5 Å². The number of hydrogen-bond acceptors (Lipinski definition) is 5. The molecule has 0 bridgehead atoms. The van der Waals surface area contributed by atoms with E-state index in [4.69, 9.17) is 0 Å².